The van der Waals surface area contributed by atoms with Crippen molar-refractivity contribution in [3.05, 3.63) is 58.4 Å². The molecule has 170 valence electrons. The summed E-state index contributed by atoms with van der Waals surface area (Å²) in [5.74, 6) is -2.24. The maximum absolute atomic E-state index is 12.9. The van der Waals surface area contributed by atoms with Gasteiger partial charge in [0, 0.05) is 25.0 Å². The van der Waals surface area contributed by atoms with Crippen LogP contribution >= 0.6 is 0 Å². The molecule has 1 heterocycles. The predicted molar refractivity (Wildman–Crippen MR) is 111 cm³/mol. The molecule has 9 heteroatoms. The van der Waals surface area contributed by atoms with Gasteiger partial charge < -0.3 is 29.5 Å². The van der Waals surface area contributed by atoms with E-state index in [0.29, 0.717) is 11.3 Å². The number of ether oxygens (including phenoxy) is 3. The lowest BCUT2D eigenvalue weighted by Crippen LogP contribution is -2.53. The Kier molecular flexibility index (Phi) is 6.40. The number of aromatic hydroxyl groups is 2. The molecule has 0 spiro atoms. The fraction of sp³-hybridized carbons (Fsp3) is 0.348. The maximum Gasteiger partial charge on any atom is 0.342 e. The van der Waals surface area contributed by atoms with E-state index < -0.39 is 35.2 Å². The number of hydrogen-bond donors (Lipinski definition) is 3. The zero-order valence-electron chi connectivity index (χ0n) is 17.9. The molecule has 2 aliphatic rings. The molecule has 0 unspecified atom stereocenters. The van der Waals surface area contributed by atoms with Gasteiger partial charge in [0.1, 0.15) is 42.1 Å². The molecule has 1 aromatic rings. The van der Waals surface area contributed by atoms with Crippen molar-refractivity contribution in [3.8, 4) is 11.5 Å². The van der Waals surface area contributed by atoms with Crippen LogP contribution in [0.2, 0.25) is 0 Å². The quantitative estimate of drug-likeness (QED) is 0.582. The SMILES string of the molecule is CC(=O)OCC=CC1=CC2=C(CO1)C(=O)[C@](C)(O)[C@H](OC(=O)c1c(C)cc(O)cc1O)C2. The van der Waals surface area contributed by atoms with Crippen molar-refractivity contribution in [1.82, 2.24) is 0 Å². The van der Waals surface area contributed by atoms with Crippen LogP contribution in [0.1, 0.15) is 36.2 Å². The molecule has 0 saturated heterocycles. The molecule has 3 rings (SSSR count). The lowest BCUT2D eigenvalue weighted by Gasteiger charge is -2.38. The maximum atomic E-state index is 12.9. The number of esters is 2. The number of aliphatic hydroxyl groups is 1. The van der Waals surface area contributed by atoms with Crippen LogP contribution in [0, 0.1) is 6.92 Å². The van der Waals surface area contributed by atoms with Crippen molar-refractivity contribution in [2.24, 2.45) is 0 Å². The summed E-state index contributed by atoms with van der Waals surface area (Å²) in [7, 11) is 0. The zero-order valence-corrected chi connectivity index (χ0v) is 17.9. The lowest BCUT2D eigenvalue weighted by atomic mass is 9.77. The number of ketones is 1. The molecule has 1 aliphatic heterocycles. The summed E-state index contributed by atoms with van der Waals surface area (Å²) in [5.41, 5.74) is -1.05. The first-order chi connectivity index (χ1) is 15.0. The van der Waals surface area contributed by atoms with Gasteiger partial charge in [0.2, 0.25) is 0 Å². The summed E-state index contributed by atoms with van der Waals surface area (Å²) in [4.78, 5) is 36.4. The first-order valence-corrected chi connectivity index (χ1v) is 9.87. The minimum absolute atomic E-state index is 0.0440. The first-order valence-electron chi connectivity index (χ1n) is 9.87. The van der Waals surface area contributed by atoms with Gasteiger partial charge in [-0.05, 0) is 49.3 Å². The highest BCUT2D eigenvalue weighted by molar-refractivity contribution is 6.05. The Morgan fingerprint density at radius 3 is 2.69 bits per heavy atom. The van der Waals surface area contributed by atoms with E-state index in [2.05, 4.69) is 0 Å². The van der Waals surface area contributed by atoms with E-state index in [0.717, 1.165) is 6.07 Å². The average Bonchev–Trinajstić information content (AvgIpc) is 2.68. The third-order valence-electron chi connectivity index (χ3n) is 5.27. The molecule has 0 saturated carbocycles. The lowest BCUT2D eigenvalue weighted by molar-refractivity contribution is -0.146. The Morgan fingerprint density at radius 1 is 1.31 bits per heavy atom. The topological polar surface area (TPSA) is 140 Å². The molecule has 0 aromatic heterocycles. The summed E-state index contributed by atoms with van der Waals surface area (Å²) < 4.78 is 15.8. The van der Waals surface area contributed by atoms with Gasteiger partial charge in [-0.3, -0.25) is 9.59 Å². The van der Waals surface area contributed by atoms with E-state index in [9.17, 15) is 29.7 Å². The van der Waals surface area contributed by atoms with Gasteiger partial charge in [-0.2, -0.15) is 0 Å². The smallest absolute Gasteiger partial charge is 0.342 e. The van der Waals surface area contributed by atoms with E-state index in [1.165, 1.54) is 26.8 Å². The Labute approximate surface area is 184 Å². The summed E-state index contributed by atoms with van der Waals surface area (Å²) >= 11 is 0. The highest BCUT2D eigenvalue weighted by Crippen LogP contribution is 2.37. The average molecular weight is 444 g/mol. The fourth-order valence-corrected chi connectivity index (χ4v) is 3.58. The van der Waals surface area contributed by atoms with Gasteiger partial charge in [0.15, 0.2) is 11.4 Å². The van der Waals surface area contributed by atoms with Crippen molar-refractivity contribution < 1.29 is 43.9 Å². The van der Waals surface area contributed by atoms with E-state index >= 15 is 0 Å². The molecule has 0 fully saturated rings. The summed E-state index contributed by atoms with van der Waals surface area (Å²) in [6.45, 7) is 4.06. The molecular formula is C23H24O9. The van der Waals surface area contributed by atoms with Crippen LogP contribution < -0.4 is 0 Å². The fourth-order valence-electron chi connectivity index (χ4n) is 3.58. The van der Waals surface area contributed by atoms with Crippen molar-refractivity contribution in [2.75, 3.05) is 13.2 Å². The van der Waals surface area contributed by atoms with Crippen LogP contribution in [0.3, 0.4) is 0 Å². The minimum Gasteiger partial charge on any atom is -0.508 e. The molecule has 0 radical (unpaired) electrons. The number of allylic oxidation sites excluding steroid dienone is 2. The van der Waals surface area contributed by atoms with Gasteiger partial charge in [-0.1, -0.05) is 0 Å². The Morgan fingerprint density at radius 2 is 2.03 bits per heavy atom. The van der Waals surface area contributed by atoms with Crippen molar-refractivity contribution in [3.63, 3.8) is 0 Å². The monoisotopic (exact) mass is 444 g/mol. The van der Waals surface area contributed by atoms with Crippen LogP contribution in [0.25, 0.3) is 0 Å². The molecule has 32 heavy (non-hydrogen) atoms. The molecular weight excluding hydrogens is 420 g/mol. The zero-order chi connectivity index (χ0) is 23.6. The second-order valence-electron chi connectivity index (χ2n) is 7.78. The number of carbonyl (C=O) groups is 3. The molecule has 3 N–H and O–H groups in total. The number of rotatable bonds is 5. The van der Waals surface area contributed by atoms with Gasteiger partial charge in [0.25, 0.3) is 0 Å². The number of phenolic OH excluding ortho intramolecular Hbond substituents is 2. The van der Waals surface area contributed by atoms with Gasteiger partial charge in [-0.15, -0.1) is 0 Å². The molecule has 1 aliphatic carbocycles. The predicted octanol–water partition coefficient (Wildman–Crippen LogP) is 1.99. The minimum atomic E-state index is -1.99. The number of phenols is 2. The molecule has 2 atom stereocenters. The van der Waals surface area contributed by atoms with Crippen LogP contribution in [-0.2, 0) is 23.8 Å². The Hall–Kier alpha value is -3.59. The van der Waals surface area contributed by atoms with Crippen LogP contribution in [0.4, 0.5) is 0 Å². The third kappa shape index (κ3) is 4.67. The summed E-state index contributed by atoms with van der Waals surface area (Å²) in [6.07, 6.45) is 3.59. The van der Waals surface area contributed by atoms with E-state index in [1.54, 1.807) is 18.2 Å². The first kappa shape index (κ1) is 23.1. The molecule has 1 aromatic carbocycles. The van der Waals surface area contributed by atoms with Gasteiger partial charge in [0.05, 0.1) is 0 Å². The third-order valence-corrected chi connectivity index (χ3v) is 5.27. The van der Waals surface area contributed by atoms with Crippen molar-refractivity contribution in [2.45, 2.75) is 38.9 Å². The second-order valence-corrected chi connectivity index (χ2v) is 7.78. The summed E-state index contributed by atoms with van der Waals surface area (Å²) in [6, 6.07) is 2.29. The number of Topliss-reactive ketones (excluding diaryl/α,β-unsaturated/α-hetero) is 1. The van der Waals surface area contributed by atoms with Crippen molar-refractivity contribution in [1.29, 1.82) is 0 Å². The molecule has 0 bridgehead atoms. The van der Waals surface area contributed by atoms with Gasteiger partial charge >= 0.3 is 11.9 Å². The van der Waals surface area contributed by atoms with E-state index in [-0.39, 0.29) is 42.1 Å². The Balaban J connectivity index is 1.83. The number of carbonyl (C=O) groups excluding carboxylic acids is 3. The second kappa shape index (κ2) is 8.88. The highest BCUT2D eigenvalue weighted by Gasteiger charge is 2.48. The van der Waals surface area contributed by atoms with Crippen LogP contribution in [-0.4, -0.2) is 58.0 Å². The number of hydrogen-bond acceptors (Lipinski definition) is 9. The van der Waals surface area contributed by atoms with E-state index in [4.69, 9.17) is 14.2 Å². The standard InChI is InChI=1S/C23H24O9/c1-12-7-15(25)10-18(26)20(12)22(28)32-19-9-14-8-16(5-4-6-30-13(2)24)31-11-17(14)21(27)23(19,3)29/h4-5,7-8,10,19,25-26,29H,6,9,11H2,1-3H3/t19-,23-/m1/s1. The van der Waals surface area contributed by atoms with Crippen molar-refractivity contribution >= 4 is 17.7 Å². The summed E-state index contributed by atoms with van der Waals surface area (Å²) in [5, 5.41) is 30.4. The number of benzene rings is 1. The Bertz CT molecular complexity index is 1040. The van der Waals surface area contributed by atoms with E-state index in [1.807, 2.05) is 0 Å². The largest absolute Gasteiger partial charge is 0.508 e. The number of aryl methyl sites for hydroxylation is 1. The highest BCUT2D eigenvalue weighted by atomic mass is 16.6. The van der Waals surface area contributed by atoms with Crippen LogP contribution in [0.5, 0.6) is 11.5 Å². The van der Waals surface area contributed by atoms with Gasteiger partial charge in [-0.25, -0.2) is 4.79 Å². The van der Waals surface area contributed by atoms with Crippen LogP contribution in [0.15, 0.2) is 47.3 Å². The molecule has 9 nitrogen and oxygen atoms in total. The normalized spacial score (nSPS) is 22.8. The molecule has 0 amide bonds.